The molecule has 0 saturated heterocycles. The van der Waals surface area contributed by atoms with Crippen molar-refractivity contribution in [1.29, 1.82) is 5.26 Å². The highest BCUT2D eigenvalue weighted by Gasteiger charge is 2.25. The molecule has 0 aliphatic heterocycles. The normalized spacial score (nSPS) is 12.0. The maximum atomic E-state index is 9.68. The number of pyridine rings is 1. The lowest BCUT2D eigenvalue weighted by atomic mass is 9.83. The lowest BCUT2D eigenvalue weighted by molar-refractivity contribution is 0.414. The van der Waals surface area contributed by atoms with Crippen molar-refractivity contribution >= 4 is 17.4 Å². The number of benzene rings is 2. The number of halogens is 1. The van der Waals surface area contributed by atoms with E-state index in [2.05, 4.69) is 11.1 Å². The Morgan fingerprint density at radius 1 is 1.19 bits per heavy atom. The summed E-state index contributed by atoms with van der Waals surface area (Å²) in [7, 11) is 1.66. The number of anilines is 1. The van der Waals surface area contributed by atoms with E-state index in [1.807, 2.05) is 42.5 Å². The smallest absolute Gasteiger partial charge is 0.142 e. The number of nitrogen functional groups attached to an aromatic ring is 1. The predicted octanol–water partition coefficient (Wildman–Crippen LogP) is 4.63. The fourth-order valence-corrected chi connectivity index (χ4v) is 3.77. The molecule has 0 unspecified atom stereocenters. The highest BCUT2D eigenvalue weighted by atomic mass is 35.5. The third-order valence-corrected chi connectivity index (χ3v) is 5.00. The van der Waals surface area contributed by atoms with Crippen LogP contribution in [0.5, 0.6) is 5.75 Å². The molecule has 0 spiro atoms. The van der Waals surface area contributed by atoms with Crippen LogP contribution in [-0.2, 0) is 12.8 Å². The van der Waals surface area contributed by atoms with Gasteiger partial charge in [-0.1, -0.05) is 23.7 Å². The van der Waals surface area contributed by atoms with E-state index in [1.165, 1.54) is 5.56 Å². The van der Waals surface area contributed by atoms with Crippen molar-refractivity contribution in [3.63, 3.8) is 0 Å². The van der Waals surface area contributed by atoms with Crippen LogP contribution >= 0.6 is 11.6 Å². The number of nitrogens with two attached hydrogens (primary N) is 1. The quantitative estimate of drug-likeness (QED) is 0.722. The number of fused-ring (bicyclic) bond motifs is 3. The fraction of sp³-hybridized carbons (Fsp3) is 0.143. The molecule has 1 aliphatic rings. The molecule has 0 amide bonds. The van der Waals surface area contributed by atoms with E-state index in [4.69, 9.17) is 22.1 Å². The summed E-state index contributed by atoms with van der Waals surface area (Å²) in [6.07, 6.45) is 1.63. The van der Waals surface area contributed by atoms with Crippen molar-refractivity contribution in [2.45, 2.75) is 12.8 Å². The molecule has 4 nitrogen and oxygen atoms in total. The molecule has 1 aromatic heterocycles. The maximum Gasteiger partial charge on any atom is 0.142 e. The zero-order valence-corrected chi connectivity index (χ0v) is 15.0. The predicted molar refractivity (Wildman–Crippen MR) is 103 cm³/mol. The summed E-state index contributed by atoms with van der Waals surface area (Å²) >= 11 is 6.18. The number of hydrogen-bond donors (Lipinski definition) is 1. The summed E-state index contributed by atoms with van der Waals surface area (Å²) < 4.78 is 5.33. The molecule has 3 aromatic rings. The second-order valence-corrected chi connectivity index (χ2v) is 6.66. The lowest BCUT2D eigenvalue weighted by Gasteiger charge is -2.24. The molecule has 0 fully saturated rings. The van der Waals surface area contributed by atoms with Crippen molar-refractivity contribution in [3.05, 3.63) is 64.2 Å². The van der Waals surface area contributed by atoms with Gasteiger partial charge in [0.25, 0.3) is 0 Å². The van der Waals surface area contributed by atoms with Crippen LogP contribution in [0, 0.1) is 11.3 Å². The monoisotopic (exact) mass is 361 g/mol. The Kier molecular flexibility index (Phi) is 4.02. The first-order chi connectivity index (χ1) is 12.6. The molecule has 128 valence electrons. The largest absolute Gasteiger partial charge is 0.497 e. The summed E-state index contributed by atoms with van der Waals surface area (Å²) in [5.74, 6) is 1.06. The lowest BCUT2D eigenvalue weighted by Crippen LogP contribution is -2.11. The van der Waals surface area contributed by atoms with Crippen molar-refractivity contribution in [2.24, 2.45) is 0 Å². The molecule has 0 bridgehead atoms. The zero-order chi connectivity index (χ0) is 18.3. The molecule has 1 heterocycles. The van der Waals surface area contributed by atoms with Crippen LogP contribution in [0.15, 0.2) is 42.5 Å². The third-order valence-electron chi connectivity index (χ3n) is 4.76. The van der Waals surface area contributed by atoms with E-state index < -0.39 is 0 Å². The number of nitriles is 1. The average Bonchev–Trinajstić information content (AvgIpc) is 2.66. The van der Waals surface area contributed by atoms with Crippen molar-refractivity contribution in [3.8, 4) is 34.2 Å². The Labute approximate surface area is 156 Å². The van der Waals surface area contributed by atoms with Gasteiger partial charge < -0.3 is 10.5 Å². The van der Waals surface area contributed by atoms with Crippen LogP contribution in [0.3, 0.4) is 0 Å². The van der Waals surface area contributed by atoms with Gasteiger partial charge in [-0.2, -0.15) is 5.26 Å². The van der Waals surface area contributed by atoms with Crippen LogP contribution in [0.25, 0.3) is 22.4 Å². The van der Waals surface area contributed by atoms with Crippen LogP contribution in [0.1, 0.15) is 16.7 Å². The number of rotatable bonds is 2. The van der Waals surface area contributed by atoms with Gasteiger partial charge in [0.15, 0.2) is 0 Å². The van der Waals surface area contributed by atoms with Gasteiger partial charge in [0.05, 0.1) is 12.8 Å². The van der Waals surface area contributed by atoms with Gasteiger partial charge in [-0.3, -0.25) is 0 Å². The van der Waals surface area contributed by atoms with Crippen LogP contribution in [0.4, 0.5) is 5.82 Å². The summed E-state index contributed by atoms with van der Waals surface area (Å²) in [5.41, 5.74) is 12.4. The Balaban J connectivity index is 2.02. The van der Waals surface area contributed by atoms with Gasteiger partial charge in [-0.25, -0.2) is 4.98 Å². The summed E-state index contributed by atoms with van der Waals surface area (Å²) in [6.45, 7) is 0. The second-order valence-electron chi connectivity index (χ2n) is 6.22. The Hall–Kier alpha value is -3.03. The standard InChI is InChI=1S/C21H16ClN3O/c1-26-15-6-8-16-12(10-15)5-7-17-19(13-3-2-4-14(22)9-13)18(11-23)21(24)25-20(16)17/h2-4,6,8-10H,5,7H2,1H3,(H2,24,25). The number of nitrogens with zero attached hydrogens (tertiary/aromatic N) is 2. The molecule has 2 N–H and O–H groups in total. The molecule has 5 heteroatoms. The number of ether oxygens (including phenoxy) is 1. The Morgan fingerprint density at radius 3 is 2.77 bits per heavy atom. The summed E-state index contributed by atoms with van der Waals surface area (Å²) in [6, 6.07) is 15.7. The molecule has 0 saturated carbocycles. The minimum Gasteiger partial charge on any atom is -0.497 e. The number of aromatic nitrogens is 1. The van der Waals surface area contributed by atoms with Crippen LogP contribution in [0.2, 0.25) is 5.02 Å². The average molecular weight is 362 g/mol. The molecule has 0 radical (unpaired) electrons. The van der Waals surface area contributed by atoms with Crippen LogP contribution in [-0.4, -0.2) is 12.1 Å². The number of hydrogen-bond acceptors (Lipinski definition) is 4. The van der Waals surface area contributed by atoms with Gasteiger partial charge in [-0.05, 0) is 59.9 Å². The zero-order valence-electron chi connectivity index (χ0n) is 14.2. The number of aryl methyl sites for hydroxylation is 1. The third kappa shape index (κ3) is 2.58. The van der Waals surface area contributed by atoms with Gasteiger partial charge in [0.1, 0.15) is 23.2 Å². The van der Waals surface area contributed by atoms with Crippen molar-refractivity contribution in [1.82, 2.24) is 4.98 Å². The minimum absolute atomic E-state index is 0.241. The first kappa shape index (κ1) is 16.4. The van der Waals surface area contributed by atoms with Crippen LogP contribution < -0.4 is 10.5 Å². The van der Waals surface area contributed by atoms with Crippen molar-refractivity contribution < 1.29 is 4.74 Å². The topological polar surface area (TPSA) is 71.9 Å². The number of methoxy groups -OCH3 is 1. The Morgan fingerprint density at radius 2 is 2.04 bits per heavy atom. The van der Waals surface area contributed by atoms with E-state index in [0.29, 0.717) is 10.6 Å². The van der Waals surface area contributed by atoms with Crippen molar-refractivity contribution in [2.75, 3.05) is 12.8 Å². The van der Waals surface area contributed by atoms with Gasteiger partial charge >= 0.3 is 0 Å². The summed E-state index contributed by atoms with van der Waals surface area (Å²) in [4.78, 5) is 4.57. The van der Waals surface area contributed by atoms with E-state index in [0.717, 1.165) is 46.5 Å². The Bertz CT molecular complexity index is 1070. The molecule has 0 atom stereocenters. The summed E-state index contributed by atoms with van der Waals surface area (Å²) in [5, 5.41) is 10.3. The first-order valence-electron chi connectivity index (χ1n) is 8.28. The first-order valence-corrected chi connectivity index (χ1v) is 8.66. The fourth-order valence-electron chi connectivity index (χ4n) is 3.58. The minimum atomic E-state index is 0.241. The molecule has 2 aromatic carbocycles. The van der Waals surface area contributed by atoms with Gasteiger partial charge in [-0.15, -0.1) is 0 Å². The molecule has 4 rings (SSSR count). The molecular weight excluding hydrogens is 346 g/mol. The van der Waals surface area contributed by atoms with E-state index in [-0.39, 0.29) is 5.82 Å². The van der Waals surface area contributed by atoms with E-state index in [1.54, 1.807) is 7.11 Å². The van der Waals surface area contributed by atoms with E-state index in [9.17, 15) is 5.26 Å². The van der Waals surface area contributed by atoms with E-state index >= 15 is 0 Å². The van der Waals surface area contributed by atoms with Gasteiger partial charge in [0, 0.05) is 16.1 Å². The second kappa shape index (κ2) is 6.36. The SMILES string of the molecule is COc1ccc2c(c1)CCc1c-2nc(N)c(C#N)c1-c1cccc(Cl)c1. The molecule has 26 heavy (non-hydrogen) atoms. The molecule has 1 aliphatic carbocycles. The highest BCUT2D eigenvalue weighted by molar-refractivity contribution is 6.30. The van der Waals surface area contributed by atoms with Gasteiger partial charge in [0.2, 0.25) is 0 Å². The highest BCUT2D eigenvalue weighted by Crippen LogP contribution is 2.42. The maximum absolute atomic E-state index is 9.68. The molecular formula is C21H16ClN3O.